The molecule has 1 aromatic heterocycles. The van der Waals surface area contributed by atoms with Gasteiger partial charge in [0.25, 0.3) is 0 Å². The van der Waals surface area contributed by atoms with Crippen LogP contribution in [0.1, 0.15) is 29.6 Å². The molecule has 3 nitrogen and oxygen atoms in total. The Balaban J connectivity index is 1.85. The van der Waals surface area contributed by atoms with E-state index in [-0.39, 0.29) is 0 Å². The van der Waals surface area contributed by atoms with Gasteiger partial charge in [0.2, 0.25) is 0 Å². The van der Waals surface area contributed by atoms with Crippen LogP contribution >= 0.6 is 0 Å². The fourth-order valence-electron chi connectivity index (χ4n) is 3.17. The Kier molecular flexibility index (Phi) is 2.39. The lowest BCUT2D eigenvalue weighted by Gasteiger charge is -2.19. The van der Waals surface area contributed by atoms with Gasteiger partial charge in [-0.25, -0.2) is 4.98 Å². The largest absolute Gasteiger partial charge is 0.355 e. The molecule has 1 aliphatic heterocycles. The molecule has 0 bridgehead atoms. The number of hydrogen-bond acceptors (Lipinski definition) is 3. The Bertz CT molecular complexity index is 393. The summed E-state index contributed by atoms with van der Waals surface area (Å²) in [5, 5.41) is 0. The van der Waals surface area contributed by atoms with Crippen molar-refractivity contribution in [2.45, 2.75) is 19.3 Å². The van der Waals surface area contributed by atoms with Gasteiger partial charge in [-0.2, -0.15) is 0 Å². The minimum Gasteiger partial charge on any atom is -0.355 e. The zero-order valence-electron chi connectivity index (χ0n) is 9.30. The first kappa shape index (κ1) is 9.82. The van der Waals surface area contributed by atoms with E-state index in [1.807, 2.05) is 12.1 Å². The van der Waals surface area contributed by atoms with Crippen LogP contribution in [0.5, 0.6) is 0 Å². The van der Waals surface area contributed by atoms with Crippen LogP contribution in [0, 0.1) is 11.8 Å². The minimum absolute atomic E-state index is 0.725. The highest BCUT2D eigenvalue weighted by molar-refractivity contribution is 5.82. The van der Waals surface area contributed by atoms with Crippen molar-refractivity contribution in [2.24, 2.45) is 11.8 Å². The summed E-state index contributed by atoms with van der Waals surface area (Å²) in [5.41, 5.74) is 0.725. The van der Waals surface area contributed by atoms with Crippen LogP contribution in [-0.4, -0.2) is 24.4 Å². The average molecular weight is 216 g/mol. The van der Waals surface area contributed by atoms with Crippen LogP contribution in [-0.2, 0) is 0 Å². The van der Waals surface area contributed by atoms with Crippen molar-refractivity contribution >= 4 is 12.1 Å². The molecule has 2 atom stereocenters. The summed E-state index contributed by atoms with van der Waals surface area (Å²) in [6.07, 6.45) is 6.77. The van der Waals surface area contributed by atoms with Gasteiger partial charge in [-0.1, -0.05) is 6.42 Å². The molecule has 2 heterocycles. The number of carbonyl (C=O) groups excluding carboxylic acids is 1. The molecule has 0 amide bonds. The Morgan fingerprint density at radius 3 is 2.75 bits per heavy atom. The predicted molar refractivity (Wildman–Crippen MR) is 62.7 cm³/mol. The van der Waals surface area contributed by atoms with Crippen molar-refractivity contribution < 1.29 is 4.79 Å². The van der Waals surface area contributed by atoms with E-state index < -0.39 is 0 Å². The first-order valence-electron chi connectivity index (χ1n) is 6.03. The number of aromatic nitrogens is 1. The molecular formula is C13H16N2O. The maximum absolute atomic E-state index is 11.0. The molecular weight excluding hydrogens is 200 g/mol. The first-order valence-corrected chi connectivity index (χ1v) is 6.03. The monoisotopic (exact) mass is 216 g/mol. The quantitative estimate of drug-likeness (QED) is 0.710. The Morgan fingerprint density at radius 2 is 2.06 bits per heavy atom. The summed E-state index contributed by atoms with van der Waals surface area (Å²) in [4.78, 5) is 17.6. The summed E-state index contributed by atoms with van der Waals surface area (Å²) in [6.45, 7) is 2.17. The van der Waals surface area contributed by atoms with Crippen LogP contribution in [0.4, 0.5) is 5.82 Å². The number of aldehydes is 1. The van der Waals surface area contributed by atoms with Crippen molar-refractivity contribution in [3.63, 3.8) is 0 Å². The molecule has 2 fully saturated rings. The van der Waals surface area contributed by atoms with Gasteiger partial charge in [0.15, 0.2) is 6.29 Å². The fraction of sp³-hybridized carbons (Fsp3) is 0.538. The second-order valence-corrected chi connectivity index (χ2v) is 4.89. The third-order valence-electron chi connectivity index (χ3n) is 3.97. The molecule has 1 saturated heterocycles. The molecule has 16 heavy (non-hydrogen) atoms. The van der Waals surface area contributed by atoms with Gasteiger partial charge in [0.1, 0.15) is 5.82 Å². The Morgan fingerprint density at radius 1 is 1.31 bits per heavy atom. The topological polar surface area (TPSA) is 33.2 Å². The molecule has 1 saturated carbocycles. The third kappa shape index (κ3) is 1.51. The van der Waals surface area contributed by atoms with E-state index in [2.05, 4.69) is 9.88 Å². The minimum atomic E-state index is 0.725. The van der Waals surface area contributed by atoms with E-state index in [1.165, 1.54) is 19.3 Å². The second-order valence-electron chi connectivity index (χ2n) is 4.89. The number of fused-ring (bicyclic) bond motifs is 1. The average Bonchev–Trinajstić information content (AvgIpc) is 2.89. The van der Waals surface area contributed by atoms with E-state index in [9.17, 15) is 4.79 Å². The zero-order valence-corrected chi connectivity index (χ0v) is 9.30. The lowest BCUT2D eigenvalue weighted by atomic mass is 10.0. The van der Waals surface area contributed by atoms with E-state index in [0.717, 1.165) is 42.6 Å². The summed E-state index contributed by atoms with van der Waals surface area (Å²) in [6, 6.07) is 3.67. The van der Waals surface area contributed by atoms with Gasteiger partial charge in [-0.3, -0.25) is 4.79 Å². The maximum atomic E-state index is 11.0. The molecule has 0 radical (unpaired) electrons. The first-order chi connectivity index (χ1) is 7.88. The van der Waals surface area contributed by atoms with Crippen molar-refractivity contribution in [3.05, 3.63) is 23.9 Å². The van der Waals surface area contributed by atoms with Crippen LogP contribution < -0.4 is 4.90 Å². The molecule has 2 unspecified atom stereocenters. The number of nitrogens with zero attached hydrogens (tertiary/aromatic N) is 2. The van der Waals surface area contributed by atoms with E-state index in [0.29, 0.717) is 0 Å². The van der Waals surface area contributed by atoms with Crippen molar-refractivity contribution in [2.75, 3.05) is 18.0 Å². The van der Waals surface area contributed by atoms with Crippen LogP contribution in [0.3, 0.4) is 0 Å². The lowest BCUT2D eigenvalue weighted by molar-refractivity contribution is 0.112. The second kappa shape index (κ2) is 3.89. The number of hydrogen-bond donors (Lipinski definition) is 0. The molecule has 0 spiro atoms. The maximum Gasteiger partial charge on any atom is 0.153 e. The Hall–Kier alpha value is -1.38. The highest BCUT2D eigenvalue weighted by Crippen LogP contribution is 2.39. The lowest BCUT2D eigenvalue weighted by Crippen LogP contribution is -2.23. The highest BCUT2D eigenvalue weighted by atomic mass is 16.1. The zero-order chi connectivity index (χ0) is 11.0. The molecule has 0 aromatic carbocycles. The summed E-state index contributed by atoms with van der Waals surface area (Å²) in [5.74, 6) is 2.55. The molecule has 1 aliphatic carbocycles. The van der Waals surface area contributed by atoms with Gasteiger partial charge in [0, 0.05) is 19.3 Å². The molecule has 84 valence electrons. The van der Waals surface area contributed by atoms with Crippen molar-refractivity contribution in [3.8, 4) is 0 Å². The van der Waals surface area contributed by atoms with E-state index in [4.69, 9.17) is 0 Å². The van der Waals surface area contributed by atoms with E-state index >= 15 is 0 Å². The number of rotatable bonds is 2. The predicted octanol–water partition coefficient (Wildman–Crippen LogP) is 2.13. The van der Waals surface area contributed by atoms with Gasteiger partial charge < -0.3 is 4.90 Å². The Labute approximate surface area is 95.5 Å². The standard InChI is InChI=1S/C13H16N2O/c16-9-12-5-2-6-14-13(12)15-7-10-3-1-4-11(10)8-15/h2,5-6,9-11H,1,3-4,7-8H2. The highest BCUT2D eigenvalue weighted by Gasteiger charge is 2.36. The van der Waals surface area contributed by atoms with Gasteiger partial charge in [0.05, 0.1) is 5.56 Å². The number of anilines is 1. The van der Waals surface area contributed by atoms with Crippen LogP contribution in [0.15, 0.2) is 18.3 Å². The number of carbonyl (C=O) groups is 1. The van der Waals surface area contributed by atoms with Crippen molar-refractivity contribution in [1.82, 2.24) is 4.98 Å². The molecule has 3 rings (SSSR count). The SMILES string of the molecule is O=Cc1cccnc1N1CC2CCCC2C1. The normalized spacial score (nSPS) is 28.1. The third-order valence-corrected chi connectivity index (χ3v) is 3.97. The summed E-state index contributed by atoms with van der Waals surface area (Å²) >= 11 is 0. The molecule has 2 aliphatic rings. The molecule has 1 aromatic rings. The molecule has 0 N–H and O–H groups in total. The van der Waals surface area contributed by atoms with Crippen molar-refractivity contribution in [1.29, 1.82) is 0 Å². The number of pyridine rings is 1. The van der Waals surface area contributed by atoms with E-state index in [1.54, 1.807) is 6.20 Å². The van der Waals surface area contributed by atoms with Gasteiger partial charge in [-0.05, 0) is 36.8 Å². The smallest absolute Gasteiger partial charge is 0.153 e. The fourth-order valence-corrected chi connectivity index (χ4v) is 3.17. The molecule has 3 heteroatoms. The van der Waals surface area contributed by atoms with Gasteiger partial charge in [-0.15, -0.1) is 0 Å². The summed E-state index contributed by atoms with van der Waals surface area (Å²) in [7, 11) is 0. The van der Waals surface area contributed by atoms with Crippen LogP contribution in [0.2, 0.25) is 0 Å². The van der Waals surface area contributed by atoms with Crippen LogP contribution in [0.25, 0.3) is 0 Å². The van der Waals surface area contributed by atoms with Gasteiger partial charge >= 0.3 is 0 Å². The summed E-state index contributed by atoms with van der Waals surface area (Å²) < 4.78 is 0.